The third-order valence-electron chi connectivity index (χ3n) is 3.26. The Hall–Kier alpha value is -1.21. The van der Waals surface area contributed by atoms with Gasteiger partial charge in [-0.05, 0) is 62.6 Å². The van der Waals surface area contributed by atoms with Crippen molar-refractivity contribution < 1.29 is 0 Å². The van der Waals surface area contributed by atoms with Crippen molar-refractivity contribution in [3.05, 3.63) is 58.7 Å². The van der Waals surface area contributed by atoms with E-state index in [9.17, 15) is 0 Å². The lowest BCUT2D eigenvalue weighted by atomic mass is 10.1. The smallest absolute Gasteiger partial charge is 0.0154 e. The molecule has 0 aromatic heterocycles. The zero-order chi connectivity index (χ0) is 12.4. The number of hydrogen-bond acceptors (Lipinski definition) is 1. The van der Waals surface area contributed by atoms with Crippen molar-refractivity contribution >= 4 is 11.8 Å². The monoisotopic (exact) mass is 242 g/mol. The zero-order valence-corrected chi connectivity index (χ0v) is 11.7. The summed E-state index contributed by atoms with van der Waals surface area (Å²) in [5, 5.41) is 0. The molecule has 0 fully saturated rings. The third-order valence-corrected chi connectivity index (χ3v) is 4.43. The molecule has 0 atom stereocenters. The molecule has 1 heteroatoms. The van der Waals surface area contributed by atoms with Gasteiger partial charge in [-0.1, -0.05) is 35.5 Å². The third kappa shape index (κ3) is 2.73. The molecule has 2 aromatic carbocycles. The summed E-state index contributed by atoms with van der Waals surface area (Å²) in [4.78, 5) is 2.67. The molecule has 0 aliphatic heterocycles. The van der Waals surface area contributed by atoms with Crippen LogP contribution < -0.4 is 0 Å². The van der Waals surface area contributed by atoms with E-state index in [4.69, 9.17) is 0 Å². The first-order chi connectivity index (χ1) is 8.08. The molecule has 0 spiro atoms. The molecular weight excluding hydrogens is 224 g/mol. The largest absolute Gasteiger partial charge is 0.0898 e. The van der Waals surface area contributed by atoms with Crippen LogP contribution in [0.15, 0.2) is 46.2 Å². The zero-order valence-electron chi connectivity index (χ0n) is 10.9. The Bertz CT molecular complexity index is 524. The molecule has 0 amide bonds. The van der Waals surface area contributed by atoms with E-state index in [0.717, 1.165) is 0 Å². The van der Waals surface area contributed by atoms with Crippen molar-refractivity contribution in [1.29, 1.82) is 0 Å². The van der Waals surface area contributed by atoms with Crippen LogP contribution in [-0.2, 0) is 0 Å². The molecule has 2 aromatic rings. The molecular formula is C16H18S. The fourth-order valence-electron chi connectivity index (χ4n) is 1.78. The lowest BCUT2D eigenvalue weighted by molar-refractivity contribution is 1.18. The average molecular weight is 242 g/mol. The molecule has 0 unspecified atom stereocenters. The average Bonchev–Trinajstić information content (AvgIpc) is 2.33. The van der Waals surface area contributed by atoms with E-state index < -0.39 is 0 Å². The second-order valence-corrected chi connectivity index (χ2v) is 5.66. The van der Waals surface area contributed by atoms with Gasteiger partial charge >= 0.3 is 0 Å². The standard InChI is InChI=1S/C16H18S/c1-11-5-8-15(9-6-11)17-16-10-7-12(2)13(3)14(16)4/h5-10H,1-4H3. The minimum absolute atomic E-state index is 1.31. The van der Waals surface area contributed by atoms with Crippen LogP contribution >= 0.6 is 11.8 Å². The van der Waals surface area contributed by atoms with Gasteiger partial charge in [0.1, 0.15) is 0 Å². The van der Waals surface area contributed by atoms with Crippen molar-refractivity contribution in [2.75, 3.05) is 0 Å². The summed E-state index contributed by atoms with van der Waals surface area (Å²) in [6, 6.07) is 13.1. The topological polar surface area (TPSA) is 0 Å². The lowest BCUT2D eigenvalue weighted by Gasteiger charge is -2.10. The number of aryl methyl sites for hydroxylation is 2. The van der Waals surface area contributed by atoms with E-state index in [1.807, 2.05) is 11.8 Å². The minimum atomic E-state index is 1.31. The fourth-order valence-corrected chi connectivity index (χ4v) is 2.74. The van der Waals surface area contributed by atoms with Gasteiger partial charge in [-0.3, -0.25) is 0 Å². The van der Waals surface area contributed by atoms with Gasteiger partial charge in [0.2, 0.25) is 0 Å². The maximum absolute atomic E-state index is 2.22. The highest BCUT2D eigenvalue weighted by Gasteiger charge is 2.05. The first-order valence-electron chi connectivity index (χ1n) is 5.89. The first-order valence-corrected chi connectivity index (χ1v) is 6.71. The van der Waals surface area contributed by atoms with Crippen LogP contribution in [0.2, 0.25) is 0 Å². The van der Waals surface area contributed by atoms with Gasteiger partial charge in [-0.15, -0.1) is 0 Å². The number of benzene rings is 2. The van der Waals surface area contributed by atoms with Crippen LogP contribution in [0.1, 0.15) is 22.3 Å². The van der Waals surface area contributed by atoms with Gasteiger partial charge in [0, 0.05) is 9.79 Å². The van der Waals surface area contributed by atoms with Crippen LogP contribution in [0.25, 0.3) is 0 Å². The molecule has 0 aliphatic carbocycles. The summed E-state index contributed by atoms with van der Waals surface area (Å²) in [6.07, 6.45) is 0. The number of rotatable bonds is 2. The molecule has 0 saturated carbocycles. The van der Waals surface area contributed by atoms with Crippen molar-refractivity contribution in [2.24, 2.45) is 0 Å². The maximum Gasteiger partial charge on any atom is 0.0154 e. The SMILES string of the molecule is Cc1ccc(Sc2ccc(C)c(C)c2C)cc1. The summed E-state index contributed by atoms with van der Waals surface area (Å²) < 4.78 is 0. The fraction of sp³-hybridized carbons (Fsp3) is 0.250. The van der Waals surface area contributed by atoms with Crippen molar-refractivity contribution in [3.8, 4) is 0 Å². The van der Waals surface area contributed by atoms with Crippen LogP contribution in [0, 0.1) is 27.7 Å². The Kier molecular flexibility index (Phi) is 3.58. The van der Waals surface area contributed by atoms with E-state index in [1.54, 1.807) is 0 Å². The normalized spacial score (nSPS) is 10.6. The highest BCUT2D eigenvalue weighted by molar-refractivity contribution is 7.99. The molecule has 0 radical (unpaired) electrons. The quantitative estimate of drug-likeness (QED) is 0.708. The first kappa shape index (κ1) is 12.3. The van der Waals surface area contributed by atoms with Crippen LogP contribution in [0.5, 0.6) is 0 Å². The minimum Gasteiger partial charge on any atom is -0.0898 e. The van der Waals surface area contributed by atoms with Crippen LogP contribution in [-0.4, -0.2) is 0 Å². The van der Waals surface area contributed by atoms with Crippen LogP contribution in [0.3, 0.4) is 0 Å². The Morgan fingerprint density at radius 1 is 0.706 bits per heavy atom. The molecule has 0 saturated heterocycles. The van der Waals surface area contributed by atoms with E-state index in [2.05, 4.69) is 64.1 Å². The maximum atomic E-state index is 2.22. The summed E-state index contributed by atoms with van der Waals surface area (Å²) in [7, 11) is 0. The Morgan fingerprint density at radius 2 is 1.35 bits per heavy atom. The van der Waals surface area contributed by atoms with E-state index in [-0.39, 0.29) is 0 Å². The van der Waals surface area contributed by atoms with Gasteiger partial charge in [0.25, 0.3) is 0 Å². The van der Waals surface area contributed by atoms with Gasteiger partial charge in [0.05, 0.1) is 0 Å². The predicted molar refractivity (Wildman–Crippen MR) is 76.0 cm³/mol. The van der Waals surface area contributed by atoms with E-state index in [0.29, 0.717) is 0 Å². The van der Waals surface area contributed by atoms with E-state index in [1.165, 1.54) is 32.0 Å². The highest BCUT2D eigenvalue weighted by Crippen LogP contribution is 2.32. The molecule has 2 rings (SSSR count). The summed E-state index contributed by atoms with van der Waals surface area (Å²) in [5.41, 5.74) is 5.49. The van der Waals surface area contributed by atoms with Crippen molar-refractivity contribution in [2.45, 2.75) is 37.5 Å². The highest BCUT2D eigenvalue weighted by atomic mass is 32.2. The van der Waals surface area contributed by atoms with Gasteiger partial charge in [-0.2, -0.15) is 0 Å². The van der Waals surface area contributed by atoms with E-state index >= 15 is 0 Å². The van der Waals surface area contributed by atoms with Gasteiger partial charge in [0.15, 0.2) is 0 Å². The van der Waals surface area contributed by atoms with Crippen LogP contribution in [0.4, 0.5) is 0 Å². The Labute approximate surface area is 108 Å². The molecule has 0 heterocycles. The molecule has 88 valence electrons. The lowest BCUT2D eigenvalue weighted by Crippen LogP contribution is -1.89. The van der Waals surface area contributed by atoms with Gasteiger partial charge in [-0.25, -0.2) is 0 Å². The Morgan fingerprint density at radius 3 is 2.00 bits per heavy atom. The summed E-state index contributed by atoms with van der Waals surface area (Å²) >= 11 is 1.85. The molecule has 0 nitrogen and oxygen atoms in total. The van der Waals surface area contributed by atoms with Gasteiger partial charge < -0.3 is 0 Å². The summed E-state index contributed by atoms with van der Waals surface area (Å²) in [6.45, 7) is 8.70. The molecule has 17 heavy (non-hydrogen) atoms. The van der Waals surface area contributed by atoms with Crippen molar-refractivity contribution in [3.63, 3.8) is 0 Å². The predicted octanol–water partition coefficient (Wildman–Crippen LogP) is 5.07. The number of hydrogen-bond donors (Lipinski definition) is 0. The summed E-state index contributed by atoms with van der Waals surface area (Å²) in [5.74, 6) is 0. The molecule has 0 N–H and O–H groups in total. The molecule has 0 aliphatic rings. The van der Waals surface area contributed by atoms with Crippen molar-refractivity contribution in [1.82, 2.24) is 0 Å². The Balaban J connectivity index is 2.30. The molecule has 0 bridgehead atoms. The second kappa shape index (κ2) is 4.97. The second-order valence-electron chi connectivity index (χ2n) is 4.55.